The highest BCUT2D eigenvalue weighted by molar-refractivity contribution is 7.89. The molecule has 0 aliphatic rings. The van der Waals surface area contributed by atoms with Crippen molar-refractivity contribution < 1.29 is 8.42 Å². The first-order chi connectivity index (χ1) is 9.42. The van der Waals surface area contributed by atoms with E-state index in [1.807, 2.05) is 0 Å². The van der Waals surface area contributed by atoms with Crippen LogP contribution in [0.2, 0.25) is 5.02 Å². The minimum absolute atomic E-state index is 0.253. The van der Waals surface area contributed by atoms with E-state index in [-0.39, 0.29) is 10.9 Å². The Labute approximate surface area is 127 Å². The first-order valence-corrected chi connectivity index (χ1v) is 8.72. The highest BCUT2D eigenvalue weighted by Gasteiger charge is 2.19. The summed E-state index contributed by atoms with van der Waals surface area (Å²) >= 11 is 7.15. The van der Waals surface area contributed by atoms with Gasteiger partial charge in [-0.1, -0.05) is 23.7 Å². The summed E-state index contributed by atoms with van der Waals surface area (Å²) < 4.78 is 27.1. The van der Waals surface area contributed by atoms with Crippen molar-refractivity contribution in [2.45, 2.75) is 24.4 Å². The molecule has 108 valence electrons. The molecule has 1 atom stereocenters. The fourth-order valence-corrected chi connectivity index (χ4v) is 4.24. The zero-order chi connectivity index (χ0) is 14.8. The van der Waals surface area contributed by atoms with E-state index < -0.39 is 10.0 Å². The summed E-state index contributed by atoms with van der Waals surface area (Å²) in [7, 11) is -3.54. The second kappa shape index (κ2) is 6.24. The minimum Gasteiger partial charge on any atom is -0.326 e. The lowest BCUT2D eigenvalue weighted by molar-refractivity contribution is 0.567. The molecule has 1 aromatic carbocycles. The molecule has 0 aliphatic carbocycles. The Morgan fingerprint density at radius 3 is 2.55 bits per heavy atom. The molecule has 7 heteroatoms. The first-order valence-electron chi connectivity index (χ1n) is 5.97. The van der Waals surface area contributed by atoms with E-state index in [0.29, 0.717) is 11.6 Å². The van der Waals surface area contributed by atoms with Crippen LogP contribution in [-0.2, 0) is 16.6 Å². The van der Waals surface area contributed by atoms with Crippen molar-refractivity contribution >= 4 is 33.0 Å². The number of nitrogens with one attached hydrogen (secondary N) is 1. The topological polar surface area (TPSA) is 72.2 Å². The van der Waals surface area contributed by atoms with Crippen LogP contribution in [0.3, 0.4) is 0 Å². The number of halogens is 1. The van der Waals surface area contributed by atoms with Gasteiger partial charge in [-0.15, -0.1) is 11.3 Å². The molecule has 4 nitrogen and oxygen atoms in total. The maximum atomic E-state index is 12.2. The molecule has 0 amide bonds. The van der Waals surface area contributed by atoms with Crippen molar-refractivity contribution in [3.8, 4) is 0 Å². The summed E-state index contributed by atoms with van der Waals surface area (Å²) in [5.41, 5.74) is 6.35. The molecular weight excluding hydrogens is 316 g/mol. The largest absolute Gasteiger partial charge is 0.326 e. The molecule has 0 fully saturated rings. The summed E-state index contributed by atoms with van der Waals surface area (Å²) in [6.07, 6.45) is 0. The second-order valence-electron chi connectivity index (χ2n) is 4.35. The van der Waals surface area contributed by atoms with Crippen LogP contribution >= 0.6 is 22.9 Å². The van der Waals surface area contributed by atoms with Gasteiger partial charge in [-0.2, -0.15) is 0 Å². The van der Waals surface area contributed by atoms with Gasteiger partial charge in [-0.3, -0.25) is 0 Å². The Bertz CT molecular complexity index is 681. The molecule has 2 aromatic rings. The highest BCUT2D eigenvalue weighted by Crippen LogP contribution is 2.22. The average Bonchev–Trinajstić information content (AvgIpc) is 2.88. The van der Waals surface area contributed by atoms with Gasteiger partial charge < -0.3 is 5.73 Å². The quantitative estimate of drug-likeness (QED) is 0.885. The number of nitrogens with two attached hydrogens (primary N) is 1. The molecule has 0 spiro atoms. The van der Waals surface area contributed by atoms with Gasteiger partial charge in [0.15, 0.2) is 0 Å². The van der Waals surface area contributed by atoms with Gasteiger partial charge in [0.25, 0.3) is 0 Å². The molecule has 3 N–H and O–H groups in total. The second-order valence-corrected chi connectivity index (χ2v) is 7.49. The lowest BCUT2D eigenvalue weighted by Gasteiger charge is -2.14. The van der Waals surface area contributed by atoms with Crippen LogP contribution in [0.5, 0.6) is 0 Å². The molecule has 0 saturated carbocycles. The predicted molar refractivity (Wildman–Crippen MR) is 82.4 cm³/mol. The van der Waals surface area contributed by atoms with Gasteiger partial charge in [0.05, 0.1) is 4.90 Å². The van der Waals surface area contributed by atoms with Crippen LogP contribution in [0.4, 0.5) is 0 Å². The number of sulfonamides is 1. The number of hydrogen-bond acceptors (Lipinski definition) is 4. The molecular formula is C13H15ClN2O2S2. The maximum Gasteiger partial charge on any atom is 0.241 e. The van der Waals surface area contributed by atoms with E-state index in [0.717, 1.165) is 10.4 Å². The van der Waals surface area contributed by atoms with Crippen LogP contribution in [0.25, 0.3) is 0 Å². The smallest absolute Gasteiger partial charge is 0.241 e. The van der Waals surface area contributed by atoms with Crippen molar-refractivity contribution in [2.75, 3.05) is 0 Å². The van der Waals surface area contributed by atoms with Gasteiger partial charge in [0.1, 0.15) is 0 Å². The van der Waals surface area contributed by atoms with E-state index >= 15 is 0 Å². The molecule has 0 radical (unpaired) electrons. The fourth-order valence-electron chi connectivity index (χ4n) is 1.73. The lowest BCUT2D eigenvalue weighted by Crippen LogP contribution is -2.26. The molecule has 0 saturated heterocycles. The third-order valence-electron chi connectivity index (χ3n) is 2.84. The normalized spacial score (nSPS) is 13.3. The minimum atomic E-state index is -3.54. The number of thiophene rings is 1. The van der Waals surface area contributed by atoms with Gasteiger partial charge >= 0.3 is 0 Å². The predicted octanol–water partition coefficient (Wildman–Crippen LogP) is 2.90. The van der Waals surface area contributed by atoms with E-state index in [2.05, 4.69) is 4.72 Å². The molecule has 0 aliphatic heterocycles. The standard InChI is InChI=1S/C13H15ClN2O2S2/c1-9(10-2-4-11(14)5-3-10)16-20(17,18)13-6-12(7-15)19-8-13/h2-6,8-9,16H,7,15H2,1H3. The molecule has 1 heterocycles. The van der Waals surface area contributed by atoms with Gasteiger partial charge in [0.2, 0.25) is 10.0 Å². The summed E-state index contributed by atoms with van der Waals surface area (Å²) in [6.45, 7) is 2.13. The summed E-state index contributed by atoms with van der Waals surface area (Å²) in [5.74, 6) is 0. The summed E-state index contributed by atoms with van der Waals surface area (Å²) in [6, 6.07) is 8.33. The van der Waals surface area contributed by atoms with Gasteiger partial charge in [-0.05, 0) is 30.7 Å². The summed E-state index contributed by atoms with van der Waals surface area (Å²) in [4.78, 5) is 1.09. The highest BCUT2D eigenvalue weighted by atomic mass is 35.5. The van der Waals surface area contributed by atoms with E-state index in [4.69, 9.17) is 17.3 Å². The zero-order valence-corrected chi connectivity index (χ0v) is 13.2. The molecule has 2 rings (SSSR count). The Kier molecular flexibility index (Phi) is 4.82. The monoisotopic (exact) mass is 330 g/mol. The zero-order valence-electron chi connectivity index (χ0n) is 10.8. The molecule has 0 bridgehead atoms. The Hall–Kier alpha value is -0.920. The van der Waals surface area contributed by atoms with Crippen molar-refractivity contribution in [1.29, 1.82) is 0 Å². The number of benzene rings is 1. The molecule has 20 heavy (non-hydrogen) atoms. The number of hydrogen-bond donors (Lipinski definition) is 2. The first kappa shape index (κ1) is 15.5. The van der Waals surface area contributed by atoms with Gasteiger partial charge in [0, 0.05) is 27.9 Å². The number of rotatable bonds is 5. The maximum absolute atomic E-state index is 12.2. The van der Waals surface area contributed by atoms with Crippen molar-refractivity contribution in [1.82, 2.24) is 4.72 Å². The fraction of sp³-hybridized carbons (Fsp3) is 0.231. The van der Waals surface area contributed by atoms with Crippen LogP contribution < -0.4 is 10.5 Å². The van der Waals surface area contributed by atoms with Crippen LogP contribution in [0.15, 0.2) is 40.6 Å². The third kappa shape index (κ3) is 3.59. The van der Waals surface area contributed by atoms with Crippen molar-refractivity contribution in [2.24, 2.45) is 5.73 Å². The molecule has 1 unspecified atom stereocenters. The SMILES string of the molecule is CC(NS(=O)(=O)c1csc(CN)c1)c1ccc(Cl)cc1. The van der Waals surface area contributed by atoms with E-state index in [9.17, 15) is 8.42 Å². The van der Waals surface area contributed by atoms with Crippen LogP contribution in [0, 0.1) is 0 Å². The average molecular weight is 331 g/mol. The van der Waals surface area contributed by atoms with Gasteiger partial charge in [-0.25, -0.2) is 13.1 Å². The Balaban J connectivity index is 2.17. The lowest BCUT2D eigenvalue weighted by atomic mass is 10.1. The van der Waals surface area contributed by atoms with Crippen LogP contribution in [-0.4, -0.2) is 8.42 Å². The summed E-state index contributed by atoms with van der Waals surface area (Å²) in [5, 5.41) is 2.22. The Morgan fingerprint density at radius 2 is 2.00 bits per heavy atom. The molecule has 1 aromatic heterocycles. The Morgan fingerprint density at radius 1 is 1.35 bits per heavy atom. The van der Waals surface area contributed by atoms with Crippen LogP contribution in [0.1, 0.15) is 23.4 Å². The van der Waals surface area contributed by atoms with Crippen molar-refractivity contribution in [3.05, 3.63) is 51.2 Å². The van der Waals surface area contributed by atoms with Crippen molar-refractivity contribution in [3.63, 3.8) is 0 Å². The van der Waals surface area contributed by atoms with E-state index in [1.54, 1.807) is 42.6 Å². The third-order valence-corrected chi connectivity index (χ3v) is 5.72. The van der Waals surface area contributed by atoms with E-state index in [1.165, 1.54) is 11.3 Å².